The Kier molecular flexibility index (Phi) is 7.45. The molecule has 0 saturated heterocycles. The molecule has 0 bridgehead atoms. The van der Waals surface area contributed by atoms with E-state index in [1.54, 1.807) is 31.2 Å². The standard InChI is InChI=1S/C21H28N2O4S/c1-16-7-5-8-18(15-16)9-6-14-22-21(24)17(2)27-20-12-10-19(11-13-20)23(3)28(4,25)26/h5,7-8,10-13,15,17H,6,9,14H2,1-4H3,(H,22,24)/t17-/m0/s1. The molecular weight excluding hydrogens is 376 g/mol. The van der Waals surface area contributed by atoms with Crippen LogP contribution in [0.3, 0.4) is 0 Å². The van der Waals surface area contributed by atoms with E-state index in [4.69, 9.17) is 4.74 Å². The minimum Gasteiger partial charge on any atom is -0.481 e. The molecular formula is C21H28N2O4S. The smallest absolute Gasteiger partial charge is 0.260 e. The molecule has 28 heavy (non-hydrogen) atoms. The summed E-state index contributed by atoms with van der Waals surface area (Å²) in [4.78, 5) is 12.2. The number of carbonyl (C=O) groups excluding carboxylic acids is 1. The molecule has 0 fully saturated rings. The van der Waals surface area contributed by atoms with Crippen molar-refractivity contribution in [3.8, 4) is 5.75 Å². The van der Waals surface area contributed by atoms with Crippen LogP contribution in [0.4, 0.5) is 5.69 Å². The Morgan fingerprint density at radius 2 is 1.86 bits per heavy atom. The normalized spacial score (nSPS) is 12.3. The molecule has 0 heterocycles. The van der Waals surface area contributed by atoms with Gasteiger partial charge in [0, 0.05) is 13.6 Å². The fourth-order valence-electron chi connectivity index (χ4n) is 2.70. The van der Waals surface area contributed by atoms with Crippen LogP contribution in [-0.4, -0.2) is 40.3 Å². The van der Waals surface area contributed by atoms with Crippen LogP contribution >= 0.6 is 0 Å². The van der Waals surface area contributed by atoms with E-state index >= 15 is 0 Å². The maximum atomic E-state index is 12.2. The zero-order valence-corrected chi connectivity index (χ0v) is 17.6. The van der Waals surface area contributed by atoms with Crippen molar-refractivity contribution in [1.82, 2.24) is 5.32 Å². The van der Waals surface area contributed by atoms with Gasteiger partial charge in [0.1, 0.15) is 5.75 Å². The molecule has 1 atom stereocenters. The fourth-order valence-corrected chi connectivity index (χ4v) is 3.20. The number of benzene rings is 2. The Bertz CT molecular complexity index is 895. The van der Waals surface area contributed by atoms with Crippen molar-refractivity contribution in [2.24, 2.45) is 0 Å². The van der Waals surface area contributed by atoms with Crippen LogP contribution in [-0.2, 0) is 21.2 Å². The second kappa shape index (κ2) is 9.59. The topological polar surface area (TPSA) is 75.7 Å². The van der Waals surface area contributed by atoms with E-state index in [2.05, 4.69) is 30.4 Å². The van der Waals surface area contributed by atoms with E-state index in [1.807, 2.05) is 6.07 Å². The van der Waals surface area contributed by atoms with Gasteiger partial charge < -0.3 is 10.1 Å². The molecule has 1 N–H and O–H groups in total. The number of carbonyl (C=O) groups is 1. The fraction of sp³-hybridized carbons (Fsp3) is 0.381. The van der Waals surface area contributed by atoms with Crippen LogP contribution in [0.2, 0.25) is 0 Å². The number of ether oxygens (including phenoxy) is 1. The Morgan fingerprint density at radius 3 is 2.46 bits per heavy atom. The minimum absolute atomic E-state index is 0.179. The highest BCUT2D eigenvalue weighted by Gasteiger charge is 2.15. The van der Waals surface area contributed by atoms with Gasteiger partial charge in [-0.05, 0) is 56.5 Å². The van der Waals surface area contributed by atoms with Crippen molar-refractivity contribution in [2.45, 2.75) is 32.8 Å². The molecule has 0 unspecified atom stereocenters. The van der Waals surface area contributed by atoms with Gasteiger partial charge in [0.25, 0.3) is 5.91 Å². The van der Waals surface area contributed by atoms with E-state index in [0.717, 1.165) is 19.1 Å². The second-order valence-electron chi connectivity index (χ2n) is 6.87. The van der Waals surface area contributed by atoms with Gasteiger partial charge in [0.2, 0.25) is 10.0 Å². The number of nitrogens with zero attached hydrogens (tertiary/aromatic N) is 1. The van der Waals surface area contributed by atoms with Gasteiger partial charge in [0.15, 0.2) is 6.10 Å². The SMILES string of the molecule is Cc1cccc(CCCNC(=O)[C@H](C)Oc2ccc(N(C)S(C)(=O)=O)cc2)c1. The highest BCUT2D eigenvalue weighted by Crippen LogP contribution is 2.21. The van der Waals surface area contributed by atoms with E-state index in [9.17, 15) is 13.2 Å². The lowest BCUT2D eigenvalue weighted by Gasteiger charge is -2.18. The highest BCUT2D eigenvalue weighted by molar-refractivity contribution is 7.92. The summed E-state index contributed by atoms with van der Waals surface area (Å²) in [5.41, 5.74) is 3.03. The van der Waals surface area contributed by atoms with Crippen molar-refractivity contribution in [3.63, 3.8) is 0 Å². The summed E-state index contributed by atoms with van der Waals surface area (Å²) in [5.74, 6) is 0.328. The summed E-state index contributed by atoms with van der Waals surface area (Å²) < 4.78 is 29.9. The van der Waals surface area contributed by atoms with E-state index < -0.39 is 16.1 Å². The molecule has 7 heteroatoms. The van der Waals surface area contributed by atoms with Crippen molar-refractivity contribution < 1.29 is 17.9 Å². The van der Waals surface area contributed by atoms with E-state index in [-0.39, 0.29) is 5.91 Å². The summed E-state index contributed by atoms with van der Waals surface area (Å²) in [6.07, 6.45) is 2.27. The number of rotatable bonds is 9. The zero-order valence-electron chi connectivity index (χ0n) is 16.8. The molecule has 0 aliphatic rings. The lowest BCUT2D eigenvalue weighted by atomic mass is 10.1. The minimum atomic E-state index is -3.31. The number of amides is 1. The number of sulfonamides is 1. The molecule has 152 valence electrons. The second-order valence-corrected chi connectivity index (χ2v) is 8.88. The average molecular weight is 405 g/mol. The van der Waals surface area contributed by atoms with Crippen molar-refractivity contribution in [2.75, 3.05) is 24.2 Å². The molecule has 2 aromatic rings. The number of anilines is 1. The quantitative estimate of drug-likeness (QED) is 0.652. The van der Waals surface area contributed by atoms with Crippen LogP contribution in [0.25, 0.3) is 0 Å². The Hall–Kier alpha value is -2.54. The molecule has 0 spiro atoms. The molecule has 0 aliphatic heterocycles. The van der Waals surface area contributed by atoms with Gasteiger partial charge in [-0.15, -0.1) is 0 Å². The summed E-state index contributed by atoms with van der Waals surface area (Å²) in [5, 5.41) is 2.89. The number of nitrogens with one attached hydrogen (secondary N) is 1. The van der Waals surface area contributed by atoms with Crippen molar-refractivity contribution in [3.05, 3.63) is 59.7 Å². The highest BCUT2D eigenvalue weighted by atomic mass is 32.2. The number of hydrogen-bond acceptors (Lipinski definition) is 4. The number of hydrogen-bond donors (Lipinski definition) is 1. The molecule has 0 radical (unpaired) electrons. The Labute approximate surface area is 167 Å². The third-order valence-electron chi connectivity index (χ3n) is 4.40. The van der Waals surface area contributed by atoms with Crippen LogP contribution in [0.15, 0.2) is 48.5 Å². The van der Waals surface area contributed by atoms with E-state index in [1.165, 1.54) is 22.5 Å². The number of aryl methyl sites for hydroxylation is 2. The third kappa shape index (κ3) is 6.56. The van der Waals surface area contributed by atoms with Crippen LogP contribution in [0, 0.1) is 6.92 Å². The van der Waals surface area contributed by atoms with Gasteiger partial charge in [0.05, 0.1) is 11.9 Å². The largest absolute Gasteiger partial charge is 0.481 e. The maximum absolute atomic E-state index is 12.2. The van der Waals surface area contributed by atoms with Gasteiger partial charge in [-0.1, -0.05) is 29.8 Å². The molecule has 0 aromatic heterocycles. The molecule has 2 rings (SSSR count). The van der Waals surface area contributed by atoms with Gasteiger partial charge in [-0.3, -0.25) is 9.10 Å². The zero-order chi connectivity index (χ0) is 20.7. The van der Waals surface area contributed by atoms with Crippen LogP contribution in [0.5, 0.6) is 5.75 Å². The summed E-state index contributed by atoms with van der Waals surface area (Å²) in [6.45, 7) is 4.33. The molecule has 0 saturated carbocycles. The van der Waals surface area contributed by atoms with Crippen LogP contribution < -0.4 is 14.4 Å². The lowest BCUT2D eigenvalue weighted by Crippen LogP contribution is -2.36. The first-order valence-electron chi connectivity index (χ1n) is 9.20. The summed E-state index contributed by atoms with van der Waals surface area (Å²) >= 11 is 0. The molecule has 0 aliphatic carbocycles. The van der Waals surface area contributed by atoms with Gasteiger partial charge in [-0.25, -0.2) is 8.42 Å². The predicted molar refractivity (Wildman–Crippen MR) is 112 cm³/mol. The lowest BCUT2D eigenvalue weighted by molar-refractivity contribution is -0.127. The molecule has 6 nitrogen and oxygen atoms in total. The first-order valence-corrected chi connectivity index (χ1v) is 11.1. The summed E-state index contributed by atoms with van der Waals surface area (Å²) in [7, 11) is -1.83. The van der Waals surface area contributed by atoms with Crippen molar-refractivity contribution in [1.29, 1.82) is 0 Å². The summed E-state index contributed by atoms with van der Waals surface area (Å²) in [6, 6.07) is 14.9. The Balaban J connectivity index is 1.78. The molecule has 1 amide bonds. The Morgan fingerprint density at radius 1 is 1.18 bits per heavy atom. The van der Waals surface area contributed by atoms with Gasteiger partial charge in [-0.2, -0.15) is 0 Å². The monoisotopic (exact) mass is 404 g/mol. The van der Waals surface area contributed by atoms with Crippen LogP contribution in [0.1, 0.15) is 24.5 Å². The first-order chi connectivity index (χ1) is 13.2. The van der Waals surface area contributed by atoms with Gasteiger partial charge >= 0.3 is 0 Å². The molecule has 2 aromatic carbocycles. The first kappa shape index (κ1) is 21.8. The van der Waals surface area contributed by atoms with E-state index in [0.29, 0.717) is 18.0 Å². The van der Waals surface area contributed by atoms with Crippen molar-refractivity contribution >= 4 is 21.6 Å². The maximum Gasteiger partial charge on any atom is 0.260 e. The average Bonchev–Trinajstić information content (AvgIpc) is 2.64. The predicted octanol–water partition coefficient (Wildman–Crippen LogP) is 2.91. The third-order valence-corrected chi connectivity index (χ3v) is 5.61.